The first-order valence-corrected chi connectivity index (χ1v) is 7.05. The van der Waals surface area contributed by atoms with Crippen molar-refractivity contribution in [3.63, 3.8) is 0 Å². The smallest absolute Gasteiger partial charge is 0.254 e. The summed E-state index contributed by atoms with van der Waals surface area (Å²) in [6, 6.07) is 2.14. The van der Waals surface area contributed by atoms with Gasteiger partial charge in [-0.2, -0.15) is 5.26 Å². The molecule has 1 aliphatic heterocycles. The summed E-state index contributed by atoms with van der Waals surface area (Å²) < 4.78 is 5.54. The van der Waals surface area contributed by atoms with Crippen molar-refractivity contribution >= 4 is 22.2 Å². The number of carbonyl (C=O) groups is 1. The maximum atomic E-state index is 12.1. The van der Waals surface area contributed by atoms with E-state index in [1.54, 1.807) is 0 Å². The summed E-state index contributed by atoms with van der Waals surface area (Å²) in [5.74, 6) is -0.186. The van der Waals surface area contributed by atoms with E-state index in [9.17, 15) is 4.79 Å². The zero-order valence-corrected chi connectivity index (χ0v) is 11.8. The zero-order chi connectivity index (χ0) is 14.0. The Hall–Kier alpha value is -1.42. The van der Waals surface area contributed by atoms with E-state index in [1.165, 1.54) is 11.3 Å². The van der Waals surface area contributed by atoms with Gasteiger partial charge in [-0.25, -0.2) is 0 Å². The van der Waals surface area contributed by atoms with Crippen molar-refractivity contribution in [1.82, 2.24) is 0 Å². The lowest BCUT2D eigenvalue weighted by molar-refractivity contribution is -0.126. The highest BCUT2D eigenvalue weighted by Gasteiger charge is 2.30. The maximum absolute atomic E-state index is 12.1. The van der Waals surface area contributed by atoms with Crippen molar-refractivity contribution in [3.05, 3.63) is 16.0 Å². The number of nitrogens with zero attached hydrogens (tertiary/aromatic N) is 1. The number of rotatable bonds is 3. The molecule has 1 aliphatic rings. The third kappa shape index (κ3) is 2.78. The predicted octanol–water partition coefficient (Wildman–Crippen LogP) is 1.68. The van der Waals surface area contributed by atoms with Crippen LogP contribution >= 0.6 is 11.3 Å². The summed E-state index contributed by atoms with van der Waals surface area (Å²) in [7, 11) is 0. The Balaban J connectivity index is 2.08. The van der Waals surface area contributed by atoms with Crippen LogP contribution in [0.1, 0.15) is 28.8 Å². The number of aryl methyl sites for hydroxylation is 1. The highest BCUT2D eigenvalue weighted by molar-refractivity contribution is 7.16. The number of nitriles is 1. The van der Waals surface area contributed by atoms with E-state index in [2.05, 4.69) is 11.4 Å². The molecule has 1 fully saturated rings. The lowest BCUT2D eigenvalue weighted by atomic mass is 10.1. The predicted molar refractivity (Wildman–Crippen MR) is 74.1 cm³/mol. The van der Waals surface area contributed by atoms with Gasteiger partial charge in [-0.3, -0.25) is 4.79 Å². The second kappa shape index (κ2) is 5.70. The molecule has 2 heterocycles. The Morgan fingerprint density at radius 3 is 2.89 bits per heavy atom. The highest BCUT2D eigenvalue weighted by atomic mass is 32.1. The molecule has 0 aromatic carbocycles. The minimum atomic E-state index is -0.456. The van der Waals surface area contributed by atoms with Crippen molar-refractivity contribution in [2.75, 3.05) is 11.9 Å². The number of nitrogens with two attached hydrogens (primary N) is 1. The van der Waals surface area contributed by atoms with Gasteiger partial charge < -0.3 is 15.8 Å². The summed E-state index contributed by atoms with van der Waals surface area (Å²) in [6.45, 7) is 4.26. The van der Waals surface area contributed by atoms with Crippen molar-refractivity contribution in [2.45, 2.75) is 38.9 Å². The minimum Gasteiger partial charge on any atom is -0.364 e. The van der Waals surface area contributed by atoms with Crippen molar-refractivity contribution in [3.8, 4) is 6.07 Å². The molecule has 19 heavy (non-hydrogen) atoms. The molecule has 3 N–H and O–H groups in total. The summed E-state index contributed by atoms with van der Waals surface area (Å²) in [5, 5.41) is 12.5. The van der Waals surface area contributed by atoms with E-state index >= 15 is 0 Å². The van der Waals surface area contributed by atoms with Gasteiger partial charge in [0.25, 0.3) is 5.91 Å². The maximum Gasteiger partial charge on any atom is 0.254 e. The van der Waals surface area contributed by atoms with Gasteiger partial charge in [-0.15, -0.1) is 11.3 Å². The Bertz CT molecular complexity index is 533. The second-order valence-corrected chi connectivity index (χ2v) is 5.87. The molecule has 5 nitrogen and oxygen atoms in total. The quantitative estimate of drug-likeness (QED) is 0.881. The second-order valence-electron chi connectivity index (χ2n) is 4.65. The van der Waals surface area contributed by atoms with Gasteiger partial charge in [0.05, 0.1) is 11.7 Å². The van der Waals surface area contributed by atoms with Crippen LogP contribution in [0.15, 0.2) is 0 Å². The van der Waals surface area contributed by atoms with E-state index in [0.29, 0.717) is 23.5 Å². The fourth-order valence-electron chi connectivity index (χ4n) is 2.11. The molecule has 6 heteroatoms. The third-order valence-electron chi connectivity index (χ3n) is 3.40. The largest absolute Gasteiger partial charge is 0.364 e. The number of ether oxygens (including phenoxy) is 1. The van der Waals surface area contributed by atoms with Gasteiger partial charge >= 0.3 is 0 Å². The topological polar surface area (TPSA) is 88.1 Å². The lowest BCUT2D eigenvalue weighted by Gasteiger charge is -2.11. The van der Waals surface area contributed by atoms with Crippen LogP contribution in [0.5, 0.6) is 0 Å². The van der Waals surface area contributed by atoms with Gasteiger partial charge in [-0.05, 0) is 32.3 Å². The van der Waals surface area contributed by atoms with E-state index in [4.69, 9.17) is 15.7 Å². The summed E-state index contributed by atoms with van der Waals surface area (Å²) >= 11 is 1.42. The lowest BCUT2D eigenvalue weighted by Crippen LogP contribution is -2.29. The number of thiophene rings is 1. The first-order chi connectivity index (χ1) is 9.06. The van der Waals surface area contributed by atoms with Crippen molar-refractivity contribution in [1.29, 1.82) is 5.26 Å². The molecule has 1 amide bonds. The van der Waals surface area contributed by atoms with Crippen LogP contribution in [0.2, 0.25) is 0 Å². The van der Waals surface area contributed by atoms with Gasteiger partial charge in [0.2, 0.25) is 0 Å². The first-order valence-electron chi connectivity index (χ1n) is 6.23. The number of hydrogen-bond acceptors (Lipinski definition) is 5. The normalized spacial score (nSPS) is 22.2. The highest BCUT2D eigenvalue weighted by Crippen LogP contribution is 2.32. The van der Waals surface area contributed by atoms with Crippen LogP contribution in [0.3, 0.4) is 0 Å². The van der Waals surface area contributed by atoms with Crippen LogP contribution < -0.4 is 11.1 Å². The average Bonchev–Trinajstić information content (AvgIpc) is 2.96. The summed E-state index contributed by atoms with van der Waals surface area (Å²) in [4.78, 5) is 13.1. The third-order valence-corrected chi connectivity index (χ3v) is 4.52. The molecular weight excluding hydrogens is 262 g/mol. The molecule has 2 atom stereocenters. The van der Waals surface area contributed by atoms with E-state index in [-0.39, 0.29) is 12.0 Å². The van der Waals surface area contributed by atoms with Gasteiger partial charge in [0.1, 0.15) is 17.2 Å². The van der Waals surface area contributed by atoms with Crippen LogP contribution in [-0.4, -0.2) is 24.7 Å². The fraction of sp³-hybridized carbons (Fsp3) is 0.538. The molecule has 1 aromatic heterocycles. The van der Waals surface area contributed by atoms with Gasteiger partial charge in [-0.1, -0.05) is 0 Å². The monoisotopic (exact) mass is 279 g/mol. The standard InChI is InChI=1S/C13H17N3O2S/c1-7-8(2)19-13(10(7)6-15)16-12(17)11-4-3-9(5-14)18-11/h9,11H,3-5,14H2,1-2H3,(H,16,17). The van der Waals surface area contributed by atoms with Crippen LogP contribution in [0.4, 0.5) is 5.00 Å². The number of amides is 1. The first kappa shape index (κ1) is 14.0. The minimum absolute atomic E-state index is 0.0296. The van der Waals surface area contributed by atoms with Crippen LogP contribution in [-0.2, 0) is 9.53 Å². The fourth-order valence-corrected chi connectivity index (χ4v) is 3.13. The number of hydrogen-bond donors (Lipinski definition) is 2. The molecule has 1 saturated heterocycles. The number of nitrogens with one attached hydrogen (secondary N) is 1. The zero-order valence-electron chi connectivity index (χ0n) is 11.0. The SMILES string of the molecule is Cc1sc(NC(=O)C2CCC(CN)O2)c(C#N)c1C. The molecule has 0 saturated carbocycles. The van der Waals surface area contributed by atoms with Gasteiger partial charge in [0.15, 0.2) is 0 Å². The van der Waals surface area contributed by atoms with Crippen LogP contribution in [0, 0.1) is 25.2 Å². The molecule has 2 unspecified atom stereocenters. The number of anilines is 1. The summed E-state index contributed by atoms with van der Waals surface area (Å²) in [5.41, 5.74) is 6.99. The number of carbonyl (C=O) groups excluding carboxylic acids is 1. The molecular formula is C13H17N3O2S. The van der Waals surface area contributed by atoms with Crippen molar-refractivity contribution in [2.24, 2.45) is 5.73 Å². The van der Waals surface area contributed by atoms with E-state index in [0.717, 1.165) is 16.9 Å². The average molecular weight is 279 g/mol. The molecule has 0 radical (unpaired) electrons. The molecule has 1 aromatic rings. The van der Waals surface area contributed by atoms with Crippen molar-refractivity contribution < 1.29 is 9.53 Å². The molecule has 102 valence electrons. The van der Waals surface area contributed by atoms with Gasteiger partial charge in [0, 0.05) is 11.4 Å². The van der Waals surface area contributed by atoms with E-state index in [1.807, 2.05) is 13.8 Å². The Kier molecular flexibility index (Phi) is 4.20. The molecule has 0 aliphatic carbocycles. The summed E-state index contributed by atoms with van der Waals surface area (Å²) in [6.07, 6.45) is 1.00. The Morgan fingerprint density at radius 2 is 2.32 bits per heavy atom. The van der Waals surface area contributed by atoms with Crippen LogP contribution in [0.25, 0.3) is 0 Å². The molecule has 2 rings (SSSR count). The molecule has 0 bridgehead atoms. The van der Waals surface area contributed by atoms with E-state index < -0.39 is 6.10 Å². The Morgan fingerprint density at radius 1 is 1.58 bits per heavy atom. The Labute approximate surface area is 116 Å². The molecule has 0 spiro atoms.